The predicted molar refractivity (Wildman–Crippen MR) is 169 cm³/mol. The molecule has 11 nitrogen and oxygen atoms in total. The van der Waals surface area contributed by atoms with Gasteiger partial charge < -0.3 is 30.9 Å². The lowest BCUT2D eigenvalue weighted by Crippen LogP contribution is -2.40. The molecule has 0 unspecified atom stereocenters. The molecule has 1 aliphatic rings. The van der Waals surface area contributed by atoms with E-state index in [0.29, 0.717) is 55.8 Å². The summed E-state index contributed by atoms with van der Waals surface area (Å²) in [5, 5.41) is 15.3. The van der Waals surface area contributed by atoms with Crippen molar-refractivity contribution in [3.8, 4) is 5.69 Å². The highest BCUT2D eigenvalue weighted by Gasteiger charge is 2.40. The van der Waals surface area contributed by atoms with Crippen molar-refractivity contribution >= 4 is 23.2 Å². The highest BCUT2D eigenvalue weighted by molar-refractivity contribution is 5.93. The summed E-state index contributed by atoms with van der Waals surface area (Å²) in [6, 6.07) is 16.5. The predicted octanol–water partition coefficient (Wildman–Crippen LogP) is 3.74. The molecule has 0 saturated carbocycles. The number of rotatable bonds is 14. The first-order valence-electron chi connectivity index (χ1n) is 15.1. The van der Waals surface area contributed by atoms with E-state index in [-0.39, 0.29) is 36.2 Å². The molecule has 0 radical (unpaired) electrons. The molecule has 236 valence electrons. The summed E-state index contributed by atoms with van der Waals surface area (Å²) in [7, 11) is 1.84. The average Bonchev–Trinajstić information content (AvgIpc) is 3.24. The van der Waals surface area contributed by atoms with Crippen LogP contribution in [0.5, 0.6) is 0 Å². The van der Waals surface area contributed by atoms with E-state index in [4.69, 9.17) is 15.2 Å². The number of hydrogen-bond acceptors (Lipinski definition) is 7. The van der Waals surface area contributed by atoms with Crippen LogP contribution >= 0.6 is 0 Å². The summed E-state index contributed by atoms with van der Waals surface area (Å²) in [5.74, 6) is -1.26. The number of allylic oxidation sites excluding steroid dienone is 1. The molecule has 0 aliphatic carbocycles. The maximum Gasteiger partial charge on any atom is 0.286 e. The molecule has 0 bridgehead atoms. The number of aliphatic hydroxyl groups is 1. The number of benzene rings is 2. The number of carbonyl (C=O) groups excluding carboxylic acids is 2. The maximum atomic E-state index is 13.9. The van der Waals surface area contributed by atoms with Crippen LogP contribution in [0.3, 0.4) is 0 Å². The Bertz CT molecular complexity index is 1510. The van der Waals surface area contributed by atoms with E-state index in [1.54, 1.807) is 35.0 Å². The first-order chi connectivity index (χ1) is 21.3. The van der Waals surface area contributed by atoms with E-state index in [0.717, 1.165) is 11.4 Å². The summed E-state index contributed by atoms with van der Waals surface area (Å²) in [4.78, 5) is 39.6. The monoisotopic (exact) mass is 605 g/mol. The maximum absolute atomic E-state index is 13.9. The van der Waals surface area contributed by atoms with Crippen LogP contribution in [0.15, 0.2) is 71.2 Å². The molecular weight excluding hydrogens is 562 g/mol. The van der Waals surface area contributed by atoms with E-state index >= 15 is 0 Å². The molecule has 3 atom stereocenters. The number of aliphatic hydroxyl groups excluding tert-OH is 1. The summed E-state index contributed by atoms with van der Waals surface area (Å²) >= 11 is 0. The van der Waals surface area contributed by atoms with Crippen LogP contribution in [0.4, 0.5) is 11.4 Å². The normalized spacial score (nSPS) is 17.9. The molecule has 3 aromatic rings. The molecule has 11 heteroatoms. The first-order valence-corrected chi connectivity index (χ1v) is 15.1. The van der Waals surface area contributed by atoms with Gasteiger partial charge in [0, 0.05) is 56.3 Å². The van der Waals surface area contributed by atoms with Gasteiger partial charge in [0.25, 0.3) is 11.5 Å². The zero-order valence-electron chi connectivity index (χ0n) is 25.6. The third kappa shape index (κ3) is 7.59. The van der Waals surface area contributed by atoms with Gasteiger partial charge in [-0.1, -0.05) is 30.3 Å². The minimum atomic E-state index is -0.777. The molecular formula is C33H43N5O6. The van der Waals surface area contributed by atoms with Gasteiger partial charge in [-0.2, -0.15) is 0 Å². The van der Waals surface area contributed by atoms with Gasteiger partial charge in [-0.15, -0.1) is 0 Å². The van der Waals surface area contributed by atoms with Gasteiger partial charge in [0.1, 0.15) is 0 Å². The molecule has 2 heterocycles. The van der Waals surface area contributed by atoms with Gasteiger partial charge in [-0.3, -0.25) is 19.1 Å². The zero-order valence-corrected chi connectivity index (χ0v) is 25.6. The number of hydrogen-bond donors (Lipinski definition) is 4. The molecule has 44 heavy (non-hydrogen) atoms. The summed E-state index contributed by atoms with van der Waals surface area (Å²) in [6.45, 7) is 4.40. The van der Waals surface area contributed by atoms with Crippen LogP contribution in [0.25, 0.3) is 5.69 Å². The summed E-state index contributed by atoms with van der Waals surface area (Å²) in [5.41, 5.74) is 8.84. The Morgan fingerprint density at radius 3 is 2.50 bits per heavy atom. The first kappa shape index (κ1) is 32.6. The third-order valence-electron chi connectivity index (χ3n) is 7.92. The number of para-hydroxylation sites is 3. The number of nitrogens with one attached hydrogen (secondary N) is 2. The van der Waals surface area contributed by atoms with Crippen LogP contribution in [-0.2, 0) is 26.1 Å². The highest BCUT2D eigenvalue weighted by Crippen LogP contribution is 2.39. The second-order valence-corrected chi connectivity index (χ2v) is 10.9. The van der Waals surface area contributed by atoms with Crippen molar-refractivity contribution in [3.63, 3.8) is 0 Å². The van der Waals surface area contributed by atoms with Crippen LogP contribution < -0.4 is 21.9 Å². The molecule has 2 amide bonds. The van der Waals surface area contributed by atoms with Crippen molar-refractivity contribution < 1.29 is 24.2 Å². The minimum absolute atomic E-state index is 0.0160. The Hall–Kier alpha value is -4.35. The number of amides is 2. The van der Waals surface area contributed by atoms with Gasteiger partial charge in [-0.05, 0) is 69.9 Å². The lowest BCUT2D eigenvalue weighted by molar-refractivity contribution is -0.166. The standard InChI is InChI=1S/C33H43N5O6/c1-4-43-33-24(15-12-20-39)25(30-22(2)37(3)38(32(30)42)23-13-6-5-7-14-23)21-28(44-33)31(41)35-19-11-10-18-29(40)36-27-17-9-8-16-26(27)34/h5-9,13-14,16-17,21,24-25,33,39H,4,10-12,15,18-20,34H2,1-3H3,(H,35,41)(H,36,40)/t24-,25+,33-/m0/s1. The number of nitrogens with zero attached hydrogens (tertiary/aromatic N) is 2. The molecule has 0 fully saturated rings. The summed E-state index contributed by atoms with van der Waals surface area (Å²) < 4.78 is 15.5. The number of unbranched alkanes of at least 4 members (excludes halogenated alkanes) is 1. The van der Waals surface area contributed by atoms with Crippen LogP contribution in [0.2, 0.25) is 0 Å². The second-order valence-electron chi connectivity index (χ2n) is 10.9. The van der Waals surface area contributed by atoms with Gasteiger partial charge >= 0.3 is 0 Å². The molecule has 4 rings (SSSR count). The number of anilines is 2. The van der Waals surface area contributed by atoms with Gasteiger partial charge in [-0.25, -0.2) is 4.68 Å². The number of carbonyl (C=O) groups is 2. The van der Waals surface area contributed by atoms with Crippen LogP contribution in [0.1, 0.15) is 56.2 Å². The van der Waals surface area contributed by atoms with Crippen molar-refractivity contribution in [2.75, 3.05) is 30.8 Å². The smallest absolute Gasteiger partial charge is 0.286 e. The quantitative estimate of drug-likeness (QED) is 0.162. The van der Waals surface area contributed by atoms with Crippen molar-refractivity contribution in [3.05, 3.63) is 88.0 Å². The molecule has 0 spiro atoms. The van der Waals surface area contributed by atoms with E-state index in [2.05, 4.69) is 10.6 Å². The highest BCUT2D eigenvalue weighted by atomic mass is 16.7. The lowest BCUT2D eigenvalue weighted by atomic mass is 9.80. The SMILES string of the molecule is CCO[C@H]1OC(C(=O)NCCCCC(=O)Nc2ccccc2N)=C[C@@H](c2c(C)n(C)n(-c3ccccc3)c2=O)[C@@H]1CCCO. The summed E-state index contributed by atoms with van der Waals surface area (Å²) in [6.07, 6.45) is 3.39. The van der Waals surface area contributed by atoms with E-state index in [1.165, 1.54) is 0 Å². The molecule has 0 saturated heterocycles. The number of nitrogens with two attached hydrogens (primary N) is 1. The minimum Gasteiger partial charge on any atom is -0.459 e. The Morgan fingerprint density at radius 2 is 1.80 bits per heavy atom. The lowest BCUT2D eigenvalue weighted by Gasteiger charge is -2.36. The van der Waals surface area contributed by atoms with Crippen molar-refractivity contribution in [2.45, 2.75) is 58.2 Å². The van der Waals surface area contributed by atoms with E-state index in [1.807, 2.05) is 55.9 Å². The fourth-order valence-corrected chi connectivity index (χ4v) is 5.59. The van der Waals surface area contributed by atoms with Crippen LogP contribution in [0, 0.1) is 12.8 Å². The second kappa shape index (κ2) is 15.4. The van der Waals surface area contributed by atoms with E-state index < -0.39 is 18.1 Å². The average molecular weight is 606 g/mol. The van der Waals surface area contributed by atoms with Crippen molar-refractivity contribution in [1.29, 1.82) is 0 Å². The molecule has 1 aromatic heterocycles. The Labute approximate surface area is 257 Å². The van der Waals surface area contributed by atoms with Crippen molar-refractivity contribution in [1.82, 2.24) is 14.7 Å². The third-order valence-corrected chi connectivity index (χ3v) is 7.92. The van der Waals surface area contributed by atoms with Crippen LogP contribution in [-0.4, -0.2) is 52.3 Å². The van der Waals surface area contributed by atoms with Gasteiger partial charge in [0.05, 0.1) is 17.1 Å². The fraction of sp³-hybridized carbons (Fsp3) is 0.424. The van der Waals surface area contributed by atoms with Gasteiger partial charge in [0.2, 0.25) is 12.2 Å². The topological polar surface area (TPSA) is 150 Å². The fourth-order valence-electron chi connectivity index (χ4n) is 5.59. The number of ether oxygens (including phenoxy) is 2. The Kier molecular flexibility index (Phi) is 11.4. The molecule has 5 N–H and O–H groups in total. The number of nitrogen functional groups attached to an aromatic ring is 1. The molecule has 1 aliphatic heterocycles. The molecule has 2 aromatic carbocycles. The Balaban J connectivity index is 1.50. The van der Waals surface area contributed by atoms with E-state index in [9.17, 15) is 19.5 Å². The Morgan fingerprint density at radius 1 is 1.07 bits per heavy atom. The largest absolute Gasteiger partial charge is 0.459 e. The van der Waals surface area contributed by atoms with Crippen molar-refractivity contribution in [2.24, 2.45) is 13.0 Å². The zero-order chi connectivity index (χ0) is 31.6. The van der Waals surface area contributed by atoms with Gasteiger partial charge in [0.15, 0.2) is 5.76 Å². The number of aromatic nitrogens is 2.